The number of rotatable bonds is 1. The predicted molar refractivity (Wildman–Crippen MR) is 43.1 cm³/mol. The molecule has 3 nitrogen and oxygen atoms in total. The van der Waals surface area contributed by atoms with E-state index >= 15 is 0 Å². The van der Waals surface area contributed by atoms with Crippen LogP contribution in [0.3, 0.4) is 0 Å². The van der Waals surface area contributed by atoms with E-state index in [0.717, 1.165) is 25.7 Å². The Labute approximate surface area is 72.3 Å². The van der Waals surface area contributed by atoms with E-state index in [9.17, 15) is 4.79 Å². The minimum atomic E-state index is -0.119. The van der Waals surface area contributed by atoms with Gasteiger partial charge in [-0.05, 0) is 25.7 Å². The van der Waals surface area contributed by atoms with Crippen LogP contribution in [-0.4, -0.2) is 13.1 Å². The zero-order chi connectivity index (χ0) is 8.97. The van der Waals surface area contributed by atoms with Gasteiger partial charge in [0.25, 0.3) is 0 Å². The van der Waals surface area contributed by atoms with Gasteiger partial charge in [0.2, 0.25) is 0 Å². The standard InChI is InChI=1S/C9H13NO2/c1-12-9(11)8-4-2-7(6-10)3-5-8/h7-8H,2-5H2,1H3. The van der Waals surface area contributed by atoms with Crippen LogP contribution in [0.1, 0.15) is 25.7 Å². The Morgan fingerprint density at radius 2 is 2.00 bits per heavy atom. The lowest BCUT2D eigenvalue weighted by atomic mass is 9.83. The zero-order valence-electron chi connectivity index (χ0n) is 7.25. The molecular weight excluding hydrogens is 154 g/mol. The van der Waals surface area contributed by atoms with Crippen molar-refractivity contribution in [3.8, 4) is 6.07 Å². The minimum absolute atomic E-state index is 0.0413. The van der Waals surface area contributed by atoms with E-state index in [1.165, 1.54) is 7.11 Å². The van der Waals surface area contributed by atoms with Crippen LogP contribution in [0.25, 0.3) is 0 Å². The first kappa shape index (κ1) is 9.05. The van der Waals surface area contributed by atoms with E-state index in [-0.39, 0.29) is 17.8 Å². The Kier molecular flexibility index (Phi) is 3.09. The van der Waals surface area contributed by atoms with Crippen molar-refractivity contribution >= 4 is 5.97 Å². The summed E-state index contributed by atoms with van der Waals surface area (Å²) < 4.78 is 4.64. The predicted octanol–water partition coefficient (Wildman–Crippen LogP) is 1.49. The molecule has 0 spiro atoms. The van der Waals surface area contributed by atoms with Gasteiger partial charge in [-0.1, -0.05) is 0 Å². The lowest BCUT2D eigenvalue weighted by Gasteiger charge is -2.22. The average Bonchev–Trinajstić information content (AvgIpc) is 2.17. The third-order valence-corrected chi connectivity index (χ3v) is 2.44. The van der Waals surface area contributed by atoms with Crippen LogP contribution in [-0.2, 0) is 9.53 Å². The van der Waals surface area contributed by atoms with Crippen molar-refractivity contribution in [2.24, 2.45) is 11.8 Å². The van der Waals surface area contributed by atoms with Crippen LogP contribution in [0.2, 0.25) is 0 Å². The van der Waals surface area contributed by atoms with Gasteiger partial charge in [-0.2, -0.15) is 5.26 Å². The number of hydrogen-bond donors (Lipinski definition) is 0. The Morgan fingerprint density at radius 1 is 1.42 bits per heavy atom. The molecule has 12 heavy (non-hydrogen) atoms. The van der Waals surface area contributed by atoms with Crippen molar-refractivity contribution in [1.82, 2.24) is 0 Å². The Hall–Kier alpha value is -1.04. The molecule has 3 heteroatoms. The highest BCUT2D eigenvalue weighted by molar-refractivity contribution is 5.72. The van der Waals surface area contributed by atoms with Crippen molar-refractivity contribution < 1.29 is 9.53 Å². The maximum absolute atomic E-state index is 11.1. The molecule has 1 aliphatic rings. The summed E-state index contributed by atoms with van der Waals surface area (Å²) >= 11 is 0. The molecule has 1 fully saturated rings. The summed E-state index contributed by atoms with van der Waals surface area (Å²) in [5.74, 6) is 0.0805. The molecule has 0 radical (unpaired) electrons. The van der Waals surface area contributed by atoms with Gasteiger partial charge in [-0.25, -0.2) is 0 Å². The molecule has 0 aromatic carbocycles. The molecule has 66 valence electrons. The van der Waals surface area contributed by atoms with E-state index in [4.69, 9.17) is 5.26 Å². The summed E-state index contributed by atoms with van der Waals surface area (Å²) in [5, 5.41) is 8.61. The van der Waals surface area contributed by atoms with Crippen LogP contribution >= 0.6 is 0 Å². The summed E-state index contributed by atoms with van der Waals surface area (Å²) in [7, 11) is 1.42. The maximum Gasteiger partial charge on any atom is 0.308 e. The van der Waals surface area contributed by atoms with Crippen LogP contribution in [0.4, 0.5) is 0 Å². The minimum Gasteiger partial charge on any atom is -0.469 e. The molecule has 0 heterocycles. The Balaban J connectivity index is 2.37. The van der Waals surface area contributed by atoms with Crippen molar-refractivity contribution in [1.29, 1.82) is 5.26 Å². The van der Waals surface area contributed by atoms with Crippen LogP contribution in [0, 0.1) is 23.2 Å². The second-order valence-electron chi connectivity index (χ2n) is 3.20. The summed E-state index contributed by atoms with van der Waals surface area (Å²) in [6, 6.07) is 2.23. The molecule has 0 N–H and O–H groups in total. The van der Waals surface area contributed by atoms with Gasteiger partial charge in [-0.3, -0.25) is 4.79 Å². The molecule has 0 bridgehead atoms. The number of nitriles is 1. The molecule has 0 atom stereocenters. The van der Waals surface area contributed by atoms with E-state index in [1.54, 1.807) is 0 Å². The third-order valence-electron chi connectivity index (χ3n) is 2.44. The van der Waals surface area contributed by atoms with Crippen LogP contribution in [0.15, 0.2) is 0 Å². The average molecular weight is 167 g/mol. The van der Waals surface area contributed by atoms with E-state index in [2.05, 4.69) is 10.8 Å². The van der Waals surface area contributed by atoms with Gasteiger partial charge in [0.15, 0.2) is 0 Å². The Morgan fingerprint density at radius 3 is 2.42 bits per heavy atom. The number of esters is 1. The van der Waals surface area contributed by atoms with Gasteiger partial charge in [0.05, 0.1) is 19.1 Å². The molecule has 0 amide bonds. The monoisotopic (exact) mass is 167 g/mol. The lowest BCUT2D eigenvalue weighted by molar-refractivity contribution is -0.146. The fourth-order valence-electron chi connectivity index (χ4n) is 1.62. The second kappa shape index (κ2) is 4.10. The number of ether oxygens (including phenoxy) is 1. The van der Waals surface area contributed by atoms with Gasteiger partial charge >= 0.3 is 5.97 Å². The smallest absolute Gasteiger partial charge is 0.308 e. The van der Waals surface area contributed by atoms with Gasteiger partial charge in [0.1, 0.15) is 0 Å². The Bertz CT molecular complexity index is 199. The second-order valence-corrected chi connectivity index (χ2v) is 3.20. The molecule has 1 saturated carbocycles. The molecule has 0 aromatic rings. The van der Waals surface area contributed by atoms with Gasteiger partial charge < -0.3 is 4.74 Å². The maximum atomic E-state index is 11.1. The zero-order valence-corrected chi connectivity index (χ0v) is 7.25. The fraction of sp³-hybridized carbons (Fsp3) is 0.778. The number of hydrogen-bond acceptors (Lipinski definition) is 3. The lowest BCUT2D eigenvalue weighted by Crippen LogP contribution is -2.22. The normalized spacial score (nSPS) is 29.0. The van der Waals surface area contributed by atoms with Crippen LogP contribution < -0.4 is 0 Å². The highest BCUT2D eigenvalue weighted by atomic mass is 16.5. The topological polar surface area (TPSA) is 50.1 Å². The first-order chi connectivity index (χ1) is 5.77. The van der Waals surface area contributed by atoms with Crippen molar-refractivity contribution in [3.63, 3.8) is 0 Å². The summed E-state index contributed by atoms with van der Waals surface area (Å²) in [4.78, 5) is 11.1. The number of carbonyl (C=O) groups is 1. The first-order valence-corrected chi connectivity index (χ1v) is 4.25. The molecule has 0 saturated heterocycles. The van der Waals surface area contributed by atoms with Crippen molar-refractivity contribution in [3.05, 3.63) is 0 Å². The van der Waals surface area contributed by atoms with Crippen molar-refractivity contribution in [2.45, 2.75) is 25.7 Å². The summed E-state index contributed by atoms with van der Waals surface area (Å²) in [5.41, 5.74) is 0. The fourth-order valence-corrected chi connectivity index (χ4v) is 1.62. The molecule has 1 rings (SSSR count). The molecule has 1 aliphatic carbocycles. The molecule has 0 aliphatic heterocycles. The van der Waals surface area contributed by atoms with Crippen LogP contribution in [0.5, 0.6) is 0 Å². The molecule has 0 unspecified atom stereocenters. The number of carbonyl (C=O) groups excluding carboxylic acids is 1. The van der Waals surface area contributed by atoms with Gasteiger partial charge in [-0.15, -0.1) is 0 Å². The van der Waals surface area contributed by atoms with E-state index in [1.807, 2.05) is 0 Å². The molecular formula is C9H13NO2. The van der Waals surface area contributed by atoms with E-state index < -0.39 is 0 Å². The highest BCUT2D eigenvalue weighted by Crippen LogP contribution is 2.28. The van der Waals surface area contributed by atoms with Gasteiger partial charge in [0, 0.05) is 5.92 Å². The quantitative estimate of drug-likeness (QED) is 0.556. The van der Waals surface area contributed by atoms with Crippen molar-refractivity contribution in [2.75, 3.05) is 7.11 Å². The SMILES string of the molecule is COC(=O)C1CCC(C#N)CC1. The summed E-state index contributed by atoms with van der Waals surface area (Å²) in [6.45, 7) is 0. The van der Waals surface area contributed by atoms with E-state index in [0.29, 0.717) is 0 Å². The third kappa shape index (κ3) is 1.97. The first-order valence-electron chi connectivity index (χ1n) is 4.25. The summed E-state index contributed by atoms with van der Waals surface area (Å²) in [6.07, 6.45) is 3.31. The largest absolute Gasteiger partial charge is 0.469 e. The molecule has 0 aromatic heterocycles. The number of methoxy groups -OCH3 is 1. The highest BCUT2D eigenvalue weighted by Gasteiger charge is 2.26. The number of nitrogens with zero attached hydrogens (tertiary/aromatic N) is 1.